The van der Waals surface area contributed by atoms with Crippen molar-refractivity contribution in [2.24, 2.45) is 0 Å². The van der Waals surface area contributed by atoms with E-state index in [4.69, 9.17) is 16.2 Å². The van der Waals surface area contributed by atoms with Crippen molar-refractivity contribution >= 4 is 11.6 Å². The van der Waals surface area contributed by atoms with E-state index in [2.05, 4.69) is 9.97 Å². The summed E-state index contributed by atoms with van der Waals surface area (Å²) < 4.78 is 5.08. The second-order valence-corrected chi connectivity index (χ2v) is 3.26. The maximum Gasteiger partial charge on any atom is 0.220 e. The lowest BCUT2D eigenvalue weighted by molar-refractivity contribution is 0.417. The minimum absolute atomic E-state index is 0.242. The van der Waals surface area contributed by atoms with Crippen molar-refractivity contribution in [1.82, 2.24) is 9.97 Å². The van der Waals surface area contributed by atoms with Crippen LogP contribution in [0, 0.1) is 0 Å². The second-order valence-electron chi connectivity index (χ2n) is 3.26. The van der Waals surface area contributed by atoms with E-state index in [1.807, 2.05) is 6.07 Å². The SMILES string of the molecule is COc1ccc(-c2ccnc(N)n2)cc1N. The number of rotatable bonds is 2. The summed E-state index contributed by atoms with van der Waals surface area (Å²) in [6.45, 7) is 0. The largest absolute Gasteiger partial charge is 0.495 e. The highest BCUT2D eigenvalue weighted by Crippen LogP contribution is 2.27. The number of nitrogen functional groups attached to an aromatic ring is 2. The first-order valence-corrected chi connectivity index (χ1v) is 4.73. The molecule has 2 rings (SSSR count). The average molecular weight is 216 g/mol. The number of hydrogen-bond donors (Lipinski definition) is 2. The Morgan fingerprint density at radius 1 is 1.19 bits per heavy atom. The molecule has 0 aliphatic carbocycles. The van der Waals surface area contributed by atoms with Gasteiger partial charge in [0.1, 0.15) is 5.75 Å². The molecule has 0 aliphatic heterocycles. The molecule has 1 aromatic carbocycles. The van der Waals surface area contributed by atoms with Crippen LogP contribution in [0.4, 0.5) is 11.6 Å². The summed E-state index contributed by atoms with van der Waals surface area (Å²) in [6, 6.07) is 7.23. The van der Waals surface area contributed by atoms with Gasteiger partial charge in [-0.15, -0.1) is 0 Å². The molecule has 0 atom stereocenters. The quantitative estimate of drug-likeness (QED) is 0.739. The molecule has 16 heavy (non-hydrogen) atoms. The van der Waals surface area contributed by atoms with Gasteiger partial charge in [-0.05, 0) is 24.3 Å². The van der Waals surface area contributed by atoms with E-state index in [9.17, 15) is 0 Å². The molecule has 0 saturated heterocycles. The molecule has 0 aliphatic rings. The maximum atomic E-state index is 5.81. The highest BCUT2D eigenvalue weighted by Gasteiger charge is 2.04. The predicted molar refractivity (Wildman–Crippen MR) is 62.8 cm³/mol. The van der Waals surface area contributed by atoms with Gasteiger partial charge in [0, 0.05) is 11.8 Å². The van der Waals surface area contributed by atoms with Crippen molar-refractivity contribution in [2.75, 3.05) is 18.6 Å². The zero-order chi connectivity index (χ0) is 11.5. The van der Waals surface area contributed by atoms with E-state index >= 15 is 0 Å². The van der Waals surface area contributed by atoms with Gasteiger partial charge in [-0.3, -0.25) is 0 Å². The topological polar surface area (TPSA) is 87.0 Å². The fourth-order valence-corrected chi connectivity index (χ4v) is 1.43. The Bertz CT molecular complexity index is 513. The lowest BCUT2D eigenvalue weighted by Gasteiger charge is -2.06. The van der Waals surface area contributed by atoms with E-state index < -0.39 is 0 Å². The van der Waals surface area contributed by atoms with E-state index in [1.54, 1.807) is 31.5 Å². The summed E-state index contributed by atoms with van der Waals surface area (Å²) in [5, 5.41) is 0. The van der Waals surface area contributed by atoms with Crippen molar-refractivity contribution in [3.05, 3.63) is 30.5 Å². The summed E-state index contributed by atoms with van der Waals surface area (Å²) in [6.07, 6.45) is 1.61. The lowest BCUT2D eigenvalue weighted by Crippen LogP contribution is -1.96. The first-order chi connectivity index (χ1) is 7.70. The van der Waals surface area contributed by atoms with Crippen molar-refractivity contribution in [3.63, 3.8) is 0 Å². The van der Waals surface area contributed by atoms with Crippen LogP contribution in [-0.2, 0) is 0 Å². The number of anilines is 2. The number of hydrogen-bond acceptors (Lipinski definition) is 5. The van der Waals surface area contributed by atoms with Gasteiger partial charge in [0.2, 0.25) is 5.95 Å². The Hall–Kier alpha value is -2.30. The summed E-state index contributed by atoms with van der Waals surface area (Å²) in [5.74, 6) is 0.887. The number of methoxy groups -OCH3 is 1. The number of ether oxygens (including phenoxy) is 1. The second kappa shape index (κ2) is 4.06. The molecular formula is C11H12N4O. The Labute approximate surface area is 93.1 Å². The normalized spacial score (nSPS) is 10.1. The maximum absolute atomic E-state index is 5.81. The molecule has 0 radical (unpaired) electrons. The summed E-state index contributed by atoms with van der Waals surface area (Å²) in [7, 11) is 1.58. The smallest absolute Gasteiger partial charge is 0.220 e. The van der Waals surface area contributed by atoms with Gasteiger partial charge in [-0.25, -0.2) is 9.97 Å². The van der Waals surface area contributed by atoms with Gasteiger partial charge in [0.25, 0.3) is 0 Å². The van der Waals surface area contributed by atoms with Crippen molar-refractivity contribution in [1.29, 1.82) is 0 Å². The standard InChI is InChI=1S/C11H12N4O/c1-16-10-3-2-7(6-8(10)12)9-4-5-14-11(13)15-9/h2-6H,12H2,1H3,(H2,13,14,15). The van der Waals surface area contributed by atoms with E-state index in [-0.39, 0.29) is 5.95 Å². The van der Waals surface area contributed by atoms with Gasteiger partial charge in [0.15, 0.2) is 0 Å². The molecule has 2 aromatic rings. The molecular weight excluding hydrogens is 204 g/mol. The summed E-state index contributed by atoms with van der Waals surface area (Å²) in [5.41, 5.74) is 13.5. The summed E-state index contributed by atoms with van der Waals surface area (Å²) >= 11 is 0. The van der Waals surface area contributed by atoms with E-state index in [0.717, 1.165) is 11.3 Å². The number of nitrogens with zero attached hydrogens (tertiary/aromatic N) is 2. The first kappa shape index (κ1) is 10.2. The number of benzene rings is 1. The van der Waals surface area contributed by atoms with Gasteiger partial charge in [-0.2, -0.15) is 0 Å². The van der Waals surface area contributed by atoms with Crippen LogP contribution in [0.25, 0.3) is 11.3 Å². The average Bonchev–Trinajstić information content (AvgIpc) is 2.29. The highest BCUT2D eigenvalue weighted by atomic mass is 16.5. The molecule has 5 heteroatoms. The van der Waals surface area contributed by atoms with Crippen LogP contribution in [0.15, 0.2) is 30.5 Å². The van der Waals surface area contributed by atoms with Gasteiger partial charge < -0.3 is 16.2 Å². The summed E-state index contributed by atoms with van der Waals surface area (Å²) in [4.78, 5) is 7.94. The van der Waals surface area contributed by atoms with Gasteiger partial charge in [-0.1, -0.05) is 0 Å². The predicted octanol–water partition coefficient (Wildman–Crippen LogP) is 1.32. The monoisotopic (exact) mass is 216 g/mol. The van der Waals surface area contributed by atoms with Crippen LogP contribution in [0.3, 0.4) is 0 Å². The fraction of sp³-hybridized carbons (Fsp3) is 0.0909. The van der Waals surface area contributed by atoms with Crippen LogP contribution in [0.2, 0.25) is 0 Å². The van der Waals surface area contributed by atoms with Gasteiger partial charge in [0.05, 0.1) is 18.5 Å². The Kier molecular flexibility index (Phi) is 2.59. The molecule has 0 fully saturated rings. The zero-order valence-corrected chi connectivity index (χ0v) is 8.84. The van der Waals surface area contributed by atoms with Crippen LogP contribution >= 0.6 is 0 Å². The molecule has 0 amide bonds. The first-order valence-electron chi connectivity index (χ1n) is 4.73. The molecule has 0 bridgehead atoms. The molecule has 0 spiro atoms. The zero-order valence-electron chi connectivity index (χ0n) is 8.84. The third-order valence-corrected chi connectivity index (χ3v) is 2.20. The van der Waals surface area contributed by atoms with Crippen molar-refractivity contribution in [2.45, 2.75) is 0 Å². The number of nitrogens with two attached hydrogens (primary N) is 2. The van der Waals surface area contributed by atoms with Crippen molar-refractivity contribution in [3.8, 4) is 17.0 Å². The molecule has 0 unspecified atom stereocenters. The Morgan fingerprint density at radius 2 is 2.00 bits per heavy atom. The molecule has 82 valence electrons. The molecule has 5 nitrogen and oxygen atoms in total. The lowest BCUT2D eigenvalue weighted by atomic mass is 10.1. The van der Waals surface area contributed by atoms with Crippen LogP contribution < -0.4 is 16.2 Å². The highest BCUT2D eigenvalue weighted by molar-refractivity contribution is 5.68. The molecule has 0 saturated carbocycles. The molecule has 4 N–H and O–H groups in total. The van der Waals surface area contributed by atoms with Crippen LogP contribution in [0.5, 0.6) is 5.75 Å². The molecule has 1 aromatic heterocycles. The minimum Gasteiger partial charge on any atom is -0.495 e. The molecule has 1 heterocycles. The third kappa shape index (κ3) is 1.88. The third-order valence-electron chi connectivity index (χ3n) is 2.20. The van der Waals surface area contributed by atoms with Gasteiger partial charge >= 0.3 is 0 Å². The van der Waals surface area contributed by atoms with Crippen molar-refractivity contribution < 1.29 is 4.74 Å². The van der Waals surface area contributed by atoms with E-state index in [1.165, 1.54) is 0 Å². The Balaban J connectivity index is 2.45. The van der Waals surface area contributed by atoms with E-state index in [0.29, 0.717) is 11.4 Å². The fourth-order valence-electron chi connectivity index (χ4n) is 1.43. The van der Waals surface area contributed by atoms with Crippen LogP contribution in [0.1, 0.15) is 0 Å². The number of aromatic nitrogens is 2. The van der Waals surface area contributed by atoms with Crippen LogP contribution in [-0.4, -0.2) is 17.1 Å². The minimum atomic E-state index is 0.242. The Morgan fingerprint density at radius 3 is 2.62 bits per heavy atom.